The molecule has 5 rings (SSSR count). The highest BCUT2D eigenvalue weighted by molar-refractivity contribution is 5.90. The van der Waals surface area contributed by atoms with Gasteiger partial charge in [-0.3, -0.25) is 0 Å². The van der Waals surface area contributed by atoms with Gasteiger partial charge in [0.1, 0.15) is 12.1 Å². The van der Waals surface area contributed by atoms with Crippen LogP contribution in [0.25, 0.3) is 21.8 Å². The maximum absolute atomic E-state index is 4.62. The molecule has 4 heteroatoms. The maximum Gasteiger partial charge on any atom is 0.139 e. The molecular weight excluding hydrogens is 320 g/mol. The summed E-state index contributed by atoms with van der Waals surface area (Å²) >= 11 is 0. The Morgan fingerprint density at radius 1 is 1.00 bits per heavy atom. The van der Waals surface area contributed by atoms with Crippen LogP contribution in [-0.4, -0.2) is 28.0 Å². The summed E-state index contributed by atoms with van der Waals surface area (Å²) in [6.07, 6.45) is 6.20. The lowest BCUT2D eigenvalue weighted by Gasteiger charge is -2.33. The molecule has 4 aromatic rings. The van der Waals surface area contributed by atoms with E-state index < -0.39 is 0 Å². The van der Waals surface area contributed by atoms with Gasteiger partial charge in [0.05, 0.1) is 5.52 Å². The number of hydrogen-bond donors (Lipinski definition) is 1. The Balaban J connectivity index is 1.42. The third-order valence-corrected chi connectivity index (χ3v) is 5.63. The molecule has 130 valence electrons. The molecule has 2 aromatic heterocycles. The van der Waals surface area contributed by atoms with E-state index in [2.05, 4.69) is 75.4 Å². The molecule has 0 amide bonds. The minimum absolute atomic E-state index is 0.609. The van der Waals surface area contributed by atoms with Crippen molar-refractivity contribution >= 4 is 27.6 Å². The quantitative estimate of drug-likeness (QED) is 0.569. The Labute approximate surface area is 152 Å². The van der Waals surface area contributed by atoms with Crippen molar-refractivity contribution in [1.29, 1.82) is 0 Å². The summed E-state index contributed by atoms with van der Waals surface area (Å²) in [5.41, 5.74) is 4.98. The number of aromatic nitrogens is 3. The molecule has 0 radical (unpaired) electrons. The molecule has 1 aliphatic heterocycles. The number of aryl methyl sites for hydroxylation is 1. The fourth-order valence-electron chi connectivity index (χ4n) is 4.24. The van der Waals surface area contributed by atoms with E-state index in [1.54, 1.807) is 6.33 Å². The van der Waals surface area contributed by atoms with Gasteiger partial charge in [0, 0.05) is 35.6 Å². The normalized spacial score (nSPS) is 15.8. The standard InChI is InChI=1S/C22H22N4/c1-15-6-7-21-18(12-15)22(25-14-24-21)26-10-8-16(9-11-26)19-13-23-20-5-3-2-4-17(19)20/h2-7,12-14,16,23H,8-11H2,1H3. The number of H-pyrrole nitrogens is 1. The fraction of sp³-hybridized carbons (Fsp3) is 0.273. The SMILES string of the molecule is Cc1ccc2ncnc(N3CCC(c4c[nH]c5ccccc45)CC3)c2c1. The zero-order chi connectivity index (χ0) is 17.5. The first-order valence-corrected chi connectivity index (χ1v) is 9.32. The number of nitrogens with one attached hydrogen (secondary N) is 1. The van der Waals surface area contributed by atoms with Crippen LogP contribution in [0.3, 0.4) is 0 Å². The summed E-state index contributed by atoms with van der Waals surface area (Å²) in [5, 5.41) is 2.53. The van der Waals surface area contributed by atoms with Crippen LogP contribution in [-0.2, 0) is 0 Å². The summed E-state index contributed by atoms with van der Waals surface area (Å²) in [6.45, 7) is 4.19. The van der Waals surface area contributed by atoms with Gasteiger partial charge in [-0.1, -0.05) is 29.8 Å². The van der Waals surface area contributed by atoms with Crippen LogP contribution in [0.4, 0.5) is 5.82 Å². The highest BCUT2D eigenvalue weighted by Crippen LogP contribution is 2.35. The lowest BCUT2D eigenvalue weighted by molar-refractivity contribution is 0.506. The number of fused-ring (bicyclic) bond motifs is 2. The number of hydrogen-bond acceptors (Lipinski definition) is 3. The summed E-state index contributed by atoms with van der Waals surface area (Å²) in [6, 6.07) is 15.0. The predicted molar refractivity (Wildman–Crippen MR) is 107 cm³/mol. The van der Waals surface area contributed by atoms with E-state index in [9.17, 15) is 0 Å². The van der Waals surface area contributed by atoms with E-state index >= 15 is 0 Å². The topological polar surface area (TPSA) is 44.8 Å². The second-order valence-corrected chi connectivity index (χ2v) is 7.27. The van der Waals surface area contributed by atoms with Crippen molar-refractivity contribution in [3.8, 4) is 0 Å². The van der Waals surface area contributed by atoms with Crippen LogP contribution in [0.2, 0.25) is 0 Å². The molecule has 2 aromatic carbocycles. The average molecular weight is 342 g/mol. The van der Waals surface area contributed by atoms with E-state index in [1.165, 1.54) is 22.0 Å². The first-order valence-electron chi connectivity index (χ1n) is 9.32. The van der Waals surface area contributed by atoms with Gasteiger partial charge in [0.25, 0.3) is 0 Å². The number of para-hydroxylation sites is 1. The largest absolute Gasteiger partial charge is 0.361 e. The highest BCUT2D eigenvalue weighted by Gasteiger charge is 2.24. The average Bonchev–Trinajstić information content (AvgIpc) is 3.12. The molecule has 1 aliphatic rings. The molecule has 0 unspecified atom stereocenters. The van der Waals surface area contributed by atoms with Gasteiger partial charge in [0.2, 0.25) is 0 Å². The second-order valence-electron chi connectivity index (χ2n) is 7.27. The van der Waals surface area contributed by atoms with Crippen molar-refractivity contribution in [3.05, 3.63) is 66.1 Å². The summed E-state index contributed by atoms with van der Waals surface area (Å²) in [7, 11) is 0. The van der Waals surface area contributed by atoms with Crippen molar-refractivity contribution in [3.63, 3.8) is 0 Å². The van der Waals surface area contributed by atoms with Crippen LogP contribution >= 0.6 is 0 Å². The summed E-state index contributed by atoms with van der Waals surface area (Å²) < 4.78 is 0. The molecule has 1 fully saturated rings. The second kappa shape index (κ2) is 6.13. The van der Waals surface area contributed by atoms with Crippen molar-refractivity contribution in [2.45, 2.75) is 25.7 Å². The number of rotatable bonds is 2. The molecule has 0 aliphatic carbocycles. The number of benzene rings is 2. The molecule has 4 nitrogen and oxygen atoms in total. The van der Waals surface area contributed by atoms with Crippen LogP contribution in [0.5, 0.6) is 0 Å². The smallest absolute Gasteiger partial charge is 0.139 e. The molecule has 3 heterocycles. The molecule has 0 atom stereocenters. The monoisotopic (exact) mass is 342 g/mol. The van der Waals surface area contributed by atoms with Crippen LogP contribution in [0.1, 0.15) is 29.9 Å². The lowest BCUT2D eigenvalue weighted by Crippen LogP contribution is -2.33. The van der Waals surface area contributed by atoms with Gasteiger partial charge in [-0.15, -0.1) is 0 Å². The Morgan fingerprint density at radius 2 is 1.85 bits per heavy atom. The molecule has 0 saturated carbocycles. The van der Waals surface area contributed by atoms with Gasteiger partial charge < -0.3 is 9.88 Å². The van der Waals surface area contributed by atoms with E-state index in [0.29, 0.717) is 5.92 Å². The summed E-state index contributed by atoms with van der Waals surface area (Å²) in [4.78, 5) is 14.9. The number of nitrogens with zero attached hydrogens (tertiary/aromatic N) is 3. The molecular formula is C22H22N4. The first-order chi connectivity index (χ1) is 12.8. The molecule has 1 saturated heterocycles. The number of piperidine rings is 1. The third kappa shape index (κ3) is 2.53. The van der Waals surface area contributed by atoms with Gasteiger partial charge in [-0.25, -0.2) is 9.97 Å². The number of aromatic amines is 1. The van der Waals surface area contributed by atoms with Gasteiger partial charge in [-0.05, 0) is 49.4 Å². The van der Waals surface area contributed by atoms with Crippen molar-refractivity contribution in [2.24, 2.45) is 0 Å². The van der Waals surface area contributed by atoms with E-state index in [0.717, 1.165) is 42.7 Å². The summed E-state index contributed by atoms with van der Waals surface area (Å²) in [5.74, 6) is 1.69. The maximum atomic E-state index is 4.62. The Morgan fingerprint density at radius 3 is 2.73 bits per heavy atom. The highest BCUT2D eigenvalue weighted by atomic mass is 15.2. The predicted octanol–water partition coefficient (Wildman–Crippen LogP) is 4.80. The van der Waals surface area contributed by atoms with Crippen molar-refractivity contribution in [1.82, 2.24) is 15.0 Å². The van der Waals surface area contributed by atoms with E-state index in [-0.39, 0.29) is 0 Å². The Bertz CT molecular complexity index is 1070. The fourth-order valence-corrected chi connectivity index (χ4v) is 4.24. The van der Waals surface area contributed by atoms with E-state index in [1.807, 2.05) is 0 Å². The zero-order valence-electron chi connectivity index (χ0n) is 14.9. The van der Waals surface area contributed by atoms with Gasteiger partial charge in [-0.2, -0.15) is 0 Å². The van der Waals surface area contributed by atoms with Crippen molar-refractivity contribution in [2.75, 3.05) is 18.0 Å². The van der Waals surface area contributed by atoms with Gasteiger partial charge >= 0.3 is 0 Å². The van der Waals surface area contributed by atoms with Gasteiger partial charge in [0.15, 0.2) is 0 Å². The van der Waals surface area contributed by atoms with Crippen LogP contribution in [0.15, 0.2) is 55.0 Å². The first kappa shape index (κ1) is 15.4. The zero-order valence-corrected chi connectivity index (χ0v) is 14.9. The van der Waals surface area contributed by atoms with E-state index in [4.69, 9.17) is 0 Å². The van der Waals surface area contributed by atoms with Crippen molar-refractivity contribution < 1.29 is 0 Å². The third-order valence-electron chi connectivity index (χ3n) is 5.63. The lowest BCUT2D eigenvalue weighted by atomic mass is 9.89. The Hall–Kier alpha value is -2.88. The molecule has 26 heavy (non-hydrogen) atoms. The molecule has 1 N–H and O–H groups in total. The minimum atomic E-state index is 0.609. The van der Waals surface area contributed by atoms with Crippen LogP contribution < -0.4 is 4.90 Å². The number of anilines is 1. The van der Waals surface area contributed by atoms with Crippen LogP contribution in [0, 0.1) is 6.92 Å². The Kier molecular flexibility index (Phi) is 3.63. The molecule has 0 bridgehead atoms. The molecule has 0 spiro atoms. The minimum Gasteiger partial charge on any atom is -0.361 e.